The van der Waals surface area contributed by atoms with Crippen LogP contribution in [0.2, 0.25) is 0 Å². The van der Waals surface area contributed by atoms with Crippen molar-refractivity contribution in [3.8, 4) is 11.4 Å². The van der Waals surface area contributed by atoms with Gasteiger partial charge in [0.2, 0.25) is 0 Å². The van der Waals surface area contributed by atoms with Crippen molar-refractivity contribution < 1.29 is 4.74 Å². The van der Waals surface area contributed by atoms with E-state index in [1.165, 1.54) is 4.88 Å². The predicted molar refractivity (Wildman–Crippen MR) is 98.4 cm³/mol. The molecule has 6 nitrogen and oxygen atoms in total. The molecule has 0 aliphatic heterocycles. The lowest BCUT2D eigenvalue weighted by molar-refractivity contribution is 0.140. The minimum absolute atomic E-state index is 0.160. The molecule has 0 radical (unpaired) electrons. The highest BCUT2D eigenvalue weighted by Crippen LogP contribution is 2.15. The first kappa shape index (κ1) is 17.5. The summed E-state index contributed by atoms with van der Waals surface area (Å²) in [7, 11) is 1.69. The quantitative estimate of drug-likeness (QED) is 0.672. The third-order valence-electron chi connectivity index (χ3n) is 3.69. The second-order valence-corrected chi connectivity index (χ2v) is 6.64. The number of pyridine rings is 1. The average Bonchev–Trinajstić information content (AvgIpc) is 3.13. The Bertz CT molecular complexity index is 834. The van der Waals surface area contributed by atoms with Crippen molar-refractivity contribution in [2.75, 3.05) is 20.3 Å². The molecular formula is C18H20N4O2S. The van der Waals surface area contributed by atoms with E-state index in [0.29, 0.717) is 19.0 Å². The fourth-order valence-corrected chi connectivity index (χ4v) is 3.26. The van der Waals surface area contributed by atoms with Crippen LogP contribution in [-0.4, -0.2) is 40.1 Å². The maximum Gasteiger partial charge on any atom is 0.251 e. The molecule has 0 aliphatic rings. The van der Waals surface area contributed by atoms with Crippen LogP contribution >= 0.6 is 11.3 Å². The van der Waals surface area contributed by atoms with Crippen LogP contribution in [0.15, 0.2) is 52.9 Å². The second-order valence-electron chi connectivity index (χ2n) is 5.61. The van der Waals surface area contributed by atoms with Crippen molar-refractivity contribution in [1.29, 1.82) is 0 Å². The zero-order valence-corrected chi connectivity index (χ0v) is 14.8. The number of nitrogens with zero attached hydrogens (tertiary/aromatic N) is 3. The number of methoxy groups -OCH3 is 1. The Morgan fingerprint density at radius 1 is 1.28 bits per heavy atom. The van der Waals surface area contributed by atoms with Gasteiger partial charge in [0.25, 0.3) is 5.56 Å². The number of aromatic amines is 1. The van der Waals surface area contributed by atoms with Crippen LogP contribution in [0.4, 0.5) is 0 Å². The summed E-state index contributed by atoms with van der Waals surface area (Å²) in [6.07, 6.45) is 3.38. The molecule has 0 aliphatic carbocycles. The minimum Gasteiger partial charge on any atom is -0.383 e. The van der Waals surface area contributed by atoms with E-state index >= 15 is 0 Å². The highest BCUT2D eigenvalue weighted by Gasteiger charge is 2.11. The molecule has 0 saturated carbocycles. The second kappa shape index (κ2) is 8.66. The van der Waals surface area contributed by atoms with Gasteiger partial charge in [-0.3, -0.25) is 14.7 Å². The summed E-state index contributed by atoms with van der Waals surface area (Å²) in [5, 5.41) is 2.07. The third kappa shape index (κ3) is 5.06. The first-order valence-corrected chi connectivity index (χ1v) is 8.87. The largest absolute Gasteiger partial charge is 0.383 e. The van der Waals surface area contributed by atoms with Crippen LogP contribution in [0.3, 0.4) is 0 Å². The van der Waals surface area contributed by atoms with E-state index in [9.17, 15) is 4.79 Å². The van der Waals surface area contributed by atoms with Gasteiger partial charge in [0, 0.05) is 55.6 Å². The van der Waals surface area contributed by atoms with Crippen molar-refractivity contribution in [2.45, 2.75) is 13.1 Å². The Labute approximate surface area is 150 Å². The van der Waals surface area contributed by atoms with Crippen LogP contribution in [0.25, 0.3) is 11.4 Å². The molecule has 7 heteroatoms. The standard InChI is InChI=1S/C18H20N4O2S/c1-24-8-7-22(13-16-5-3-9-25-16)12-15-10-17(23)21-18(20-15)14-4-2-6-19-11-14/h2-6,9-11H,7-8,12-13H2,1H3,(H,20,21,23). The third-order valence-corrected chi connectivity index (χ3v) is 4.55. The van der Waals surface area contributed by atoms with Crippen LogP contribution in [-0.2, 0) is 17.8 Å². The SMILES string of the molecule is COCCN(Cc1cc(=O)[nH]c(-c2cccnc2)n1)Cc1cccs1. The smallest absolute Gasteiger partial charge is 0.251 e. The van der Waals surface area contributed by atoms with Gasteiger partial charge in [0.15, 0.2) is 0 Å². The van der Waals surface area contributed by atoms with Gasteiger partial charge in [-0.2, -0.15) is 0 Å². The summed E-state index contributed by atoms with van der Waals surface area (Å²) in [5.74, 6) is 0.540. The summed E-state index contributed by atoms with van der Waals surface area (Å²) < 4.78 is 5.21. The number of thiophene rings is 1. The molecule has 0 unspecified atom stereocenters. The topological polar surface area (TPSA) is 71.1 Å². The molecule has 1 N–H and O–H groups in total. The van der Waals surface area contributed by atoms with Gasteiger partial charge < -0.3 is 9.72 Å². The number of nitrogens with one attached hydrogen (secondary N) is 1. The van der Waals surface area contributed by atoms with Crippen LogP contribution in [0.5, 0.6) is 0 Å². The van der Waals surface area contributed by atoms with Gasteiger partial charge in [0.1, 0.15) is 5.82 Å². The minimum atomic E-state index is -0.160. The van der Waals surface area contributed by atoms with Gasteiger partial charge in [-0.25, -0.2) is 4.98 Å². The van der Waals surface area contributed by atoms with Crippen LogP contribution in [0.1, 0.15) is 10.6 Å². The summed E-state index contributed by atoms with van der Waals surface area (Å²) in [5.41, 5.74) is 1.37. The number of H-pyrrole nitrogens is 1. The zero-order chi connectivity index (χ0) is 17.5. The first-order valence-electron chi connectivity index (χ1n) is 7.99. The predicted octanol–water partition coefficient (Wildman–Crippen LogP) is 2.54. The molecule has 130 valence electrons. The monoisotopic (exact) mass is 356 g/mol. The molecule has 0 saturated heterocycles. The van der Waals surface area contributed by atoms with E-state index in [1.54, 1.807) is 36.9 Å². The molecule has 0 fully saturated rings. The van der Waals surface area contributed by atoms with Gasteiger partial charge in [-0.05, 0) is 23.6 Å². The Kier molecular flexibility index (Phi) is 6.05. The summed E-state index contributed by atoms with van der Waals surface area (Å²) in [6, 6.07) is 9.40. The summed E-state index contributed by atoms with van der Waals surface area (Å²) >= 11 is 1.72. The summed E-state index contributed by atoms with van der Waals surface area (Å²) in [4.78, 5) is 27.0. The van der Waals surface area contributed by atoms with Gasteiger partial charge in [0.05, 0.1) is 12.3 Å². The highest BCUT2D eigenvalue weighted by atomic mass is 32.1. The Balaban J connectivity index is 1.81. The lowest BCUT2D eigenvalue weighted by Gasteiger charge is -2.21. The maximum atomic E-state index is 12.0. The van der Waals surface area contributed by atoms with Crippen LogP contribution in [0, 0.1) is 0 Å². The molecule has 3 aromatic heterocycles. The molecule has 3 rings (SSSR count). The maximum absolute atomic E-state index is 12.0. The molecule has 0 amide bonds. The Morgan fingerprint density at radius 2 is 2.20 bits per heavy atom. The number of rotatable bonds is 8. The van der Waals surface area contributed by atoms with E-state index in [4.69, 9.17) is 4.74 Å². The normalized spacial score (nSPS) is 11.1. The van der Waals surface area contributed by atoms with Crippen molar-refractivity contribution in [1.82, 2.24) is 19.9 Å². The van der Waals surface area contributed by atoms with Crippen molar-refractivity contribution in [3.63, 3.8) is 0 Å². The van der Waals surface area contributed by atoms with Gasteiger partial charge in [-0.15, -0.1) is 11.3 Å². The average molecular weight is 356 g/mol. The van der Waals surface area contributed by atoms with E-state index < -0.39 is 0 Å². The lowest BCUT2D eigenvalue weighted by Crippen LogP contribution is -2.27. The molecule has 3 heterocycles. The van der Waals surface area contributed by atoms with Crippen LogP contribution < -0.4 is 5.56 Å². The van der Waals surface area contributed by atoms with Crippen molar-refractivity contribution in [3.05, 3.63) is 69.0 Å². The summed E-state index contributed by atoms with van der Waals surface area (Å²) in [6.45, 7) is 2.78. The Morgan fingerprint density at radius 3 is 2.92 bits per heavy atom. The highest BCUT2D eigenvalue weighted by molar-refractivity contribution is 7.09. The fourth-order valence-electron chi connectivity index (χ4n) is 2.51. The number of hydrogen-bond acceptors (Lipinski definition) is 6. The van der Waals surface area contributed by atoms with E-state index in [0.717, 1.165) is 24.3 Å². The fraction of sp³-hybridized carbons (Fsp3) is 0.278. The zero-order valence-electron chi connectivity index (χ0n) is 14.0. The molecule has 25 heavy (non-hydrogen) atoms. The lowest BCUT2D eigenvalue weighted by atomic mass is 10.2. The molecule has 0 atom stereocenters. The number of hydrogen-bond donors (Lipinski definition) is 1. The number of aromatic nitrogens is 3. The first-order chi connectivity index (χ1) is 12.2. The molecule has 0 aromatic carbocycles. The molecule has 0 spiro atoms. The van der Waals surface area contributed by atoms with Gasteiger partial charge >= 0.3 is 0 Å². The van der Waals surface area contributed by atoms with Crippen molar-refractivity contribution in [2.24, 2.45) is 0 Å². The van der Waals surface area contributed by atoms with E-state index in [1.807, 2.05) is 18.2 Å². The number of ether oxygens (including phenoxy) is 1. The van der Waals surface area contributed by atoms with Crippen molar-refractivity contribution >= 4 is 11.3 Å². The van der Waals surface area contributed by atoms with Gasteiger partial charge in [-0.1, -0.05) is 6.07 Å². The van der Waals surface area contributed by atoms with E-state index in [2.05, 4.69) is 31.3 Å². The molecular weight excluding hydrogens is 336 g/mol. The molecule has 0 bridgehead atoms. The molecule has 3 aromatic rings. The Hall–Kier alpha value is -2.35. The van der Waals surface area contributed by atoms with E-state index in [-0.39, 0.29) is 5.56 Å².